The lowest BCUT2D eigenvalue weighted by Gasteiger charge is -2.13. The van der Waals surface area contributed by atoms with Gasteiger partial charge in [-0.25, -0.2) is 13.1 Å². The minimum absolute atomic E-state index is 0.00774. The third-order valence-corrected chi connectivity index (χ3v) is 5.09. The quantitative estimate of drug-likeness (QED) is 0.833. The summed E-state index contributed by atoms with van der Waals surface area (Å²) < 4.78 is 32.3. The Balaban J connectivity index is 2.01. The summed E-state index contributed by atoms with van der Waals surface area (Å²) in [7, 11) is -1.57. The number of ether oxygens (including phenoxy) is 1. The summed E-state index contributed by atoms with van der Waals surface area (Å²) >= 11 is 0. The van der Waals surface area contributed by atoms with Gasteiger partial charge in [-0.3, -0.25) is 0 Å². The molecule has 1 aliphatic rings. The monoisotopic (exact) mass is 298 g/mol. The van der Waals surface area contributed by atoms with E-state index in [2.05, 4.69) is 10.0 Å². The van der Waals surface area contributed by atoms with Gasteiger partial charge < -0.3 is 10.1 Å². The van der Waals surface area contributed by atoms with Crippen LogP contribution < -0.4 is 10.0 Å². The molecule has 5 nitrogen and oxygen atoms in total. The molecule has 0 aromatic heterocycles. The van der Waals surface area contributed by atoms with Gasteiger partial charge in [0.25, 0.3) is 0 Å². The van der Waals surface area contributed by atoms with E-state index in [1.54, 1.807) is 12.1 Å². The highest BCUT2D eigenvalue weighted by Crippen LogP contribution is 2.16. The van der Waals surface area contributed by atoms with E-state index >= 15 is 0 Å². The molecule has 1 heterocycles. The van der Waals surface area contributed by atoms with Crippen molar-refractivity contribution in [3.8, 4) is 0 Å². The Morgan fingerprint density at radius 2 is 2.05 bits per heavy atom. The Hall–Kier alpha value is -0.950. The van der Waals surface area contributed by atoms with Gasteiger partial charge in [-0.15, -0.1) is 0 Å². The van der Waals surface area contributed by atoms with Crippen molar-refractivity contribution in [1.29, 1.82) is 0 Å². The van der Waals surface area contributed by atoms with E-state index in [9.17, 15) is 8.42 Å². The van der Waals surface area contributed by atoms with Crippen molar-refractivity contribution in [3.05, 3.63) is 29.8 Å². The highest BCUT2D eigenvalue weighted by atomic mass is 32.2. The third kappa shape index (κ3) is 3.79. The van der Waals surface area contributed by atoms with Crippen molar-refractivity contribution in [1.82, 2.24) is 10.0 Å². The molecule has 2 atom stereocenters. The summed E-state index contributed by atoms with van der Waals surface area (Å²) in [6.45, 7) is 3.10. The minimum Gasteiger partial charge on any atom is -0.377 e. The standard InChI is InChI=1S/C14H22N2O3S/c1-11(15-2)12-5-7-14(8-6-12)20(17,18)16-10-13-4-3-9-19-13/h5-8,11,13,15-16H,3-4,9-10H2,1-2H3. The van der Waals surface area contributed by atoms with E-state index < -0.39 is 10.0 Å². The van der Waals surface area contributed by atoms with E-state index in [0.29, 0.717) is 11.4 Å². The molecular formula is C14H22N2O3S. The fourth-order valence-electron chi connectivity index (χ4n) is 2.19. The summed E-state index contributed by atoms with van der Waals surface area (Å²) in [5, 5.41) is 3.12. The number of hydrogen-bond acceptors (Lipinski definition) is 4. The zero-order valence-corrected chi connectivity index (χ0v) is 12.7. The van der Waals surface area contributed by atoms with Crippen LogP contribution in [0.25, 0.3) is 0 Å². The molecule has 0 amide bonds. The normalized spacial score (nSPS) is 21.0. The van der Waals surface area contributed by atoms with E-state index in [1.165, 1.54) is 0 Å². The van der Waals surface area contributed by atoms with Gasteiger partial charge in [0.05, 0.1) is 11.0 Å². The number of nitrogens with one attached hydrogen (secondary N) is 2. The maximum absolute atomic E-state index is 12.2. The van der Waals surface area contributed by atoms with Crippen molar-refractivity contribution in [3.63, 3.8) is 0 Å². The molecule has 0 saturated carbocycles. The zero-order chi connectivity index (χ0) is 14.6. The summed E-state index contributed by atoms with van der Waals surface area (Å²) in [6, 6.07) is 7.15. The molecule has 1 aliphatic heterocycles. The Labute approximate surface area is 120 Å². The average Bonchev–Trinajstić information content (AvgIpc) is 2.98. The van der Waals surface area contributed by atoms with Crippen LogP contribution in [0.4, 0.5) is 0 Å². The largest absolute Gasteiger partial charge is 0.377 e. The third-order valence-electron chi connectivity index (χ3n) is 3.65. The minimum atomic E-state index is -3.45. The van der Waals surface area contributed by atoms with Crippen molar-refractivity contribution in [2.45, 2.75) is 36.8 Å². The van der Waals surface area contributed by atoms with E-state index in [4.69, 9.17) is 4.74 Å². The average molecular weight is 298 g/mol. The summed E-state index contributed by atoms with van der Waals surface area (Å²) in [6.07, 6.45) is 1.93. The van der Waals surface area contributed by atoms with Gasteiger partial charge in [0.2, 0.25) is 10.0 Å². The lowest BCUT2D eigenvalue weighted by Crippen LogP contribution is -2.31. The number of rotatable bonds is 6. The Morgan fingerprint density at radius 3 is 2.60 bits per heavy atom. The second-order valence-corrected chi connectivity index (χ2v) is 6.83. The molecule has 1 aromatic carbocycles. The van der Waals surface area contributed by atoms with Crippen LogP contribution in [0.2, 0.25) is 0 Å². The van der Waals surface area contributed by atoms with E-state index in [1.807, 2.05) is 26.1 Å². The van der Waals surface area contributed by atoms with Crippen LogP contribution in [0.15, 0.2) is 29.2 Å². The van der Waals surface area contributed by atoms with Gasteiger partial charge in [-0.1, -0.05) is 12.1 Å². The SMILES string of the molecule is CNC(C)c1ccc(S(=O)(=O)NCC2CCCO2)cc1. The first kappa shape index (κ1) is 15.4. The lowest BCUT2D eigenvalue weighted by atomic mass is 10.1. The van der Waals surface area contributed by atoms with Crippen molar-refractivity contribution >= 4 is 10.0 Å². The van der Waals surface area contributed by atoms with Gasteiger partial charge in [0.1, 0.15) is 0 Å². The van der Waals surface area contributed by atoms with E-state index in [0.717, 1.165) is 25.0 Å². The van der Waals surface area contributed by atoms with Crippen LogP contribution >= 0.6 is 0 Å². The summed E-state index contributed by atoms with van der Waals surface area (Å²) in [5.74, 6) is 0. The maximum Gasteiger partial charge on any atom is 0.240 e. The number of benzene rings is 1. The highest BCUT2D eigenvalue weighted by Gasteiger charge is 2.20. The molecule has 6 heteroatoms. The molecule has 2 N–H and O–H groups in total. The van der Waals surface area contributed by atoms with Gasteiger partial charge in [-0.05, 0) is 44.5 Å². The fraction of sp³-hybridized carbons (Fsp3) is 0.571. The smallest absolute Gasteiger partial charge is 0.240 e. The molecular weight excluding hydrogens is 276 g/mol. The number of hydrogen-bond donors (Lipinski definition) is 2. The first-order chi connectivity index (χ1) is 9.53. The number of sulfonamides is 1. The first-order valence-corrected chi connectivity index (χ1v) is 8.40. The topological polar surface area (TPSA) is 67.4 Å². The Bertz CT molecular complexity index is 522. The van der Waals surface area contributed by atoms with Gasteiger partial charge in [0.15, 0.2) is 0 Å². The summed E-state index contributed by atoms with van der Waals surface area (Å²) in [4.78, 5) is 0.294. The molecule has 0 radical (unpaired) electrons. The van der Waals surface area contributed by atoms with Crippen LogP contribution in [0.3, 0.4) is 0 Å². The van der Waals surface area contributed by atoms with Crippen LogP contribution in [-0.2, 0) is 14.8 Å². The van der Waals surface area contributed by atoms with Crippen molar-refractivity contribution in [2.24, 2.45) is 0 Å². The predicted octanol–water partition coefficient (Wildman–Crippen LogP) is 1.42. The molecule has 1 saturated heterocycles. The molecule has 2 rings (SSSR count). The molecule has 0 bridgehead atoms. The van der Waals surface area contributed by atoms with Gasteiger partial charge in [-0.2, -0.15) is 0 Å². The second-order valence-electron chi connectivity index (χ2n) is 5.07. The molecule has 20 heavy (non-hydrogen) atoms. The van der Waals surface area contributed by atoms with Gasteiger partial charge >= 0.3 is 0 Å². The Kier molecular flexibility index (Phi) is 5.15. The second kappa shape index (κ2) is 6.67. The molecule has 1 aromatic rings. The van der Waals surface area contributed by atoms with Crippen LogP contribution in [0, 0.1) is 0 Å². The van der Waals surface area contributed by atoms with Gasteiger partial charge in [0, 0.05) is 19.2 Å². The van der Waals surface area contributed by atoms with Crippen LogP contribution in [0.1, 0.15) is 31.4 Å². The molecule has 1 fully saturated rings. The maximum atomic E-state index is 12.2. The fourth-order valence-corrected chi connectivity index (χ4v) is 3.26. The molecule has 0 aliphatic carbocycles. The predicted molar refractivity (Wildman–Crippen MR) is 78.1 cm³/mol. The zero-order valence-electron chi connectivity index (χ0n) is 11.9. The highest BCUT2D eigenvalue weighted by molar-refractivity contribution is 7.89. The molecule has 112 valence electrons. The lowest BCUT2D eigenvalue weighted by molar-refractivity contribution is 0.114. The van der Waals surface area contributed by atoms with Crippen molar-refractivity contribution in [2.75, 3.05) is 20.2 Å². The van der Waals surface area contributed by atoms with E-state index in [-0.39, 0.29) is 12.1 Å². The van der Waals surface area contributed by atoms with Crippen molar-refractivity contribution < 1.29 is 13.2 Å². The first-order valence-electron chi connectivity index (χ1n) is 6.91. The van der Waals surface area contributed by atoms with Crippen LogP contribution in [-0.4, -0.2) is 34.7 Å². The Morgan fingerprint density at radius 1 is 1.35 bits per heavy atom. The summed E-state index contributed by atoms with van der Waals surface area (Å²) in [5.41, 5.74) is 1.06. The molecule has 2 unspecified atom stereocenters. The van der Waals surface area contributed by atoms with Crippen LogP contribution in [0.5, 0.6) is 0 Å². The molecule has 0 spiro atoms.